The monoisotopic (exact) mass is 455 g/mol. The summed E-state index contributed by atoms with van der Waals surface area (Å²) < 4.78 is 32.9. The molecule has 1 amide bonds. The Kier molecular flexibility index (Phi) is 7.62. The Bertz CT molecular complexity index is 1070. The quantitative estimate of drug-likeness (QED) is 0.499. The molecule has 0 unspecified atom stereocenters. The topological polar surface area (TPSA) is 74.5 Å². The second kappa shape index (κ2) is 11.0. The summed E-state index contributed by atoms with van der Waals surface area (Å²) >= 11 is 0. The van der Waals surface area contributed by atoms with Crippen LogP contribution in [0, 0.1) is 11.6 Å². The first kappa shape index (κ1) is 22.8. The van der Waals surface area contributed by atoms with Gasteiger partial charge in [0.1, 0.15) is 11.6 Å². The van der Waals surface area contributed by atoms with Crippen molar-refractivity contribution in [3.63, 3.8) is 0 Å². The predicted octanol–water partition coefficient (Wildman–Crippen LogP) is 3.28. The third-order valence-electron chi connectivity index (χ3n) is 5.69. The van der Waals surface area contributed by atoms with Crippen molar-refractivity contribution in [1.29, 1.82) is 0 Å². The molecule has 2 aromatic carbocycles. The fourth-order valence-electron chi connectivity index (χ4n) is 3.87. The maximum absolute atomic E-state index is 13.9. The van der Waals surface area contributed by atoms with Crippen LogP contribution in [-0.4, -0.2) is 60.2 Å². The van der Waals surface area contributed by atoms with Crippen molar-refractivity contribution in [2.75, 3.05) is 44.2 Å². The van der Waals surface area contributed by atoms with Gasteiger partial charge in [0.15, 0.2) is 0 Å². The molecule has 174 valence electrons. The van der Waals surface area contributed by atoms with E-state index in [-0.39, 0.29) is 29.5 Å². The van der Waals surface area contributed by atoms with Gasteiger partial charge in [-0.25, -0.2) is 8.78 Å². The van der Waals surface area contributed by atoms with Crippen LogP contribution < -0.4 is 10.2 Å². The molecule has 0 bridgehead atoms. The van der Waals surface area contributed by atoms with E-state index in [2.05, 4.69) is 25.3 Å². The number of halogens is 2. The predicted molar refractivity (Wildman–Crippen MR) is 121 cm³/mol. The van der Waals surface area contributed by atoms with Crippen molar-refractivity contribution in [3.05, 3.63) is 66.1 Å². The van der Waals surface area contributed by atoms with Gasteiger partial charge in [0, 0.05) is 45.6 Å². The van der Waals surface area contributed by atoms with Crippen LogP contribution in [0.25, 0.3) is 11.4 Å². The Balaban J connectivity index is 1.11. The summed E-state index contributed by atoms with van der Waals surface area (Å²) in [6.45, 7) is 4.75. The molecule has 1 saturated heterocycles. The summed E-state index contributed by atoms with van der Waals surface area (Å²) in [6.07, 6.45) is 1.36. The number of piperazine rings is 1. The van der Waals surface area contributed by atoms with Crippen molar-refractivity contribution in [2.45, 2.75) is 19.3 Å². The van der Waals surface area contributed by atoms with Crippen LogP contribution in [-0.2, 0) is 11.2 Å². The van der Waals surface area contributed by atoms with Gasteiger partial charge in [-0.3, -0.25) is 9.69 Å². The van der Waals surface area contributed by atoms with Gasteiger partial charge in [-0.1, -0.05) is 29.4 Å². The van der Waals surface area contributed by atoms with Crippen LogP contribution >= 0.6 is 0 Å². The zero-order chi connectivity index (χ0) is 23.0. The number of hydrogen-bond acceptors (Lipinski definition) is 6. The standard InChI is InChI=1S/C24H27F2N5O2/c25-19-7-2-1-6-18(19)24-28-23(33-29-24)11-10-22(32)27-12-5-13-30-14-16-31(17-15-30)21-9-4-3-8-20(21)26/h1-4,6-9H,5,10-17H2,(H,27,32). The minimum atomic E-state index is -0.420. The molecule has 1 aromatic heterocycles. The lowest BCUT2D eigenvalue weighted by atomic mass is 10.2. The van der Waals surface area contributed by atoms with E-state index < -0.39 is 5.82 Å². The zero-order valence-corrected chi connectivity index (χ0v) is 18.3. The van der Waals surface area contributed by atoms with Gasteiger partial charge in [0.2, 0.25) is 17.6 Å². The highest BCUT2D eigenvalue weighted by atomic mass is 19.1. The van der Waals surface area contributed by atoms with Crippen LogP contribution in [0.5, 0.6) is 0 Å². The SMILES string of the molecule is O=C(CCc1nc(-c2ccccc2F)no1)NCCCN1CCN(c2ccccc2F)CC1. The number of nitrogens with zero attached hydrogens (tertiary/aromatic N) is 4. The normalized spacial score (nSPS) is 14.4. The van der Waals surface area contributed by atoms with E-state index in [0.29, 0.717) is 24.5 Å². The Morgan fingerprint density at radius 1 is 1.00 bits per heavy atom. The number of hydrogen-bond donors (Lipinski definition) is 1. The number of carbonyl (C=O) groups excluding carboxylic acids is 1. The molecule has 0 aliphatic carbocycles. The third-order valence-corrected chi connectivity index (χ3v) is 5.69. The molecule has 9 heteroatoms. The first-order valence-corrected chi connectivity index (χ1v) is 11.2. The molecule has 3 aromatic rings. The molecule has 1 N–H and O–H groups in total. The van der Waals surface area contributed by atoms with Gasteiger partial charge in [0.05, 0.1) is 11.3 Å². The number of rotatable bonds is 9. The summed E-state index contributed by atoms with van der Waals surface area (Å²) in [5.74, 6) is -0.214. The summed E-state index contributed by atoms with van der Waals surface area (Å²) in [7, 11) is 0. The average molecular weight is 456 g/mol. The van der Waals surface area contributed by atoms with Gasteiger partial charge in [-0.2, -0.15) is 4.98 Å². The van der Waals surface area contributed by atoms with Crippen molar-refractivity contribution in [3.8, 4) is 11.4 Å². The van der Waals surface area contributed by atoms with E-state index in [4.69, 9.17) is 4.52 Å². The Morgan fingerprint density at radius 3 is 2.48 bits per heavy atom. The number of benzene rings is 2. The molecule has 0 saturated carbocycles. The third kappa shape index (κ3) is 6.13. The smallest absolute Gasteiger partial charge is 0.227 e. The first-order valence-electron chi connectivity index (χ1n) is 11.2. The second-order valence-corrected chi connectivity index (χ2v) is 7.98. The molecule has 7 nitrogen and oxygen atoms in total. The summed E-state index contributed by atoms with van der Waals surface area (Å²) in [6, 6.07) is 13.1. The lowest BCUT2D eigenvalue weighted by molar-refractivity contribution is -0.121. The number of aromatic nitrogens is 2. The molecule has 0 atom stereocenters. The molecule has 0 spiro atoms. The van der Waals surface area contributed by atoms with E-state index >= 15 is 0 Å². The Labute approximate surface area is 191 Å². The molecule has 1 aliphatic rings. The highest BCUT2D eigenvalue weighted by Crippen LogP contribution is 2.21. The minimum Gasteiger partial charge on any atom is -0.367 e. The van der Waals surface area contributed by atoms with E-state index in [0.717, 1.165) is 39.1 Å². The number of nitrogens with one attached hydrogen (secondary N) is 1. The average Bonchev–Trinajstić information content (AvgIpc) is 3.30. The van der Waals surface area contributed by atoms with Crippen molar-refractivity contribution in [1.82, 2.24) is 20.4 Å². The van der Waals surface area contributed by atoms with Crippen molar-refractivity contribution >= 4 is 11.6 Å². The van der Waals surface area contributed by atoms with Crippen LogP contribution in [0.4, 0.5) is 14.5 Å². The molecule has 33 heavy (non-hydrogen) atoms. The van der Waals surface area contributed by atoms with Crippen molar-refractivity contribution < 1.29 is 18.1 Å². The largest absolute Gasteiger partial charge is 0.367 e. The highest BCUT2D eigenvalue weighted by molar-refractivity contribution is 5.76. The van der Waals surface area contributed by atoms with Crippen LogP contribution in [0.2, 0.25) is 0 Å². The van der Waals surface area contributed by atoms with Crippen LogP contribution in [0.3, 0.4) is 0 Å². The Hall–Kier alpha value is -3.33. The second-order valence-electron chi connectivity index (χ2n) is 7.98. The van der Waals surface area contributed by atoms with Crippen LogP contribution in [0.1, 0.15) is 18.7 Å². The van der Waals surface area contributed by atoms with E-state index in [1.165, 1.54) is 12.1 Å². The molecular formula is C24H27F2N5O2. The molecule has 1 aliphatic heterocycles. The maximum Gasteiger partial charge on any atom is 0.227 e. The number of para-hydroxylation sites is 1. The van der Waals surface area contributed by atoms with E-state index in [1.807, 2.05) is 12.1 Å². The number of amides is 1. The molecule has 4 rings (SSSR count). The minimum absolute atomic E-state index is 0.0926. The number of aryl methyl sites for hydroxylation is 1. The fourth-order valence-corrected chi connectivity index (χ4v) is 3.87. The molecule has 0 radical (unpaired) electrons. The van der Waals surface area contributed by atoms with Gasteiger partial charge in [-0.05, 0) is 37.2 Å². The zero-order valence-electron chi connectivity index (χ0n) is 18.3. The first-order chi connectivity index (χ1) is 16.1. The highest BCUT2D eigenvalue weighted by Gasteiger charge is 2.19. The van der Waals surface area contributed by atoms with Gasteiger partial charge in [-0.15, -0.1) is 0 Å². The molecule has 2 heterocycles. The van der Waals surface area contributed by atoms with Gasteiger partial charge in [0.25, 0.3) is 0 Å². The van der Waals surface area contributed by atoms with Gasteiger partial charge >= 0.3 is 0 Å². The maximum atomic E-state index is 13.9. The molecule has 1 fully saturated rings. The van der Waals surface area contributed by atoms with Crippen LogP contribution in [0.15, 0.2) is 53.1 Å². The summed E-state index contributed by atoms with van der Waals surface area (Å²) in [5, 5.41) is 6.70. The molecular weight excluding hydrogens is 428 g/mol. The lowest BCUT2D eigenvalue weighted by Gasteiger charge is -2.36. The number of anilines is 1. The van der Waals surface area contributed by atoms with E-state index in [9.17, 15) is 13.6 Å². The summed E-state index contributed by atoms with van der Waals surface area (Å²) in [4.78, 5) is 20.7. The Morgan fingerprint density at radius 2 is 1.73 bits per heavy atom. The lowest BCUT2D eigenvalue weighted by Crippen LogP contribution is -2.47. The van der Waals surface area contributed by atoms with Gasteiger partial charge < -0.3 is 14.7 Å². The van der Waals surface area contributed by atoms with E-state index in [1.54, 1.807) is 24.3 Å². The summed E-state index contributed by atoms with van der Waals surface area (Å²) in [5.41, 5.74) is 0.929. The fraction of sp³-hybridized carbons (Fsp3) is 0.375. The van der Waals surface area contributed by atoms with Crippen molar-refractivity contribution in [2.24, 2.45) is 0 Å². The number of carbonyl (C=O) groups is 1.